The van der Waals surface area contributed by atoms with Gasteiger partial charge in [0.05, 0.1) is 25.5 Å². The molecule has 7 N–H and O–H groups in total. The van der Waals surface area contributed by atoms with Gasteiger partial charge >= 0.3 is 0 Å². The van der Waals surface area contributed by atoms with E-state index in [1.807, 2.05) is 18.3 Å². The molecular formula is C33H47NO12. The minimum atomic E-state index is -1.74. The molecule has 2 aliphatic heterocycles. The molecule has 2 saturated heterocycles. The van der Waals surface area contributed by atoms with Crippen LogP contribution in [0.5, 0.6) is 5.75 Å². The van der Waals surface area contributed by atoms with E-state index in [9.17, 15) is 35.7 Å². The number of nitrogens with zero attached hydrogens (tertiary/aromatic N) is 1. The van der Waals surface area contributed by atoms with E-state index in [0.29, 0.717) is 17.6 Å². The van der Waals surface area contributed by atoms with Crippen LogP contribution in [0.25, 0.3) is 0 Å². The second-order valence-electron chi connectivity index (χ2n) is 12.1. The van der Waals surface area contributed by atoms with Crippen molar-refractivity contribution in [3.05, 3.63) is 59.2 Å². The predicted molar refractivity (Wildman–Crippen MR) is 166 cm³/mol. The van der Waals surface area contributed by atoms with E-state index < -0.39 is 74.6 Å². The normalized spacial score (nSPS) is 32.0. The first-order chi connectivity index (χ1) is 22.0. The van der Waals surface area contributed by atoms with Gasteiger partial charge in [0, 0.05) is 6.21 Å². The second-order valence-corrected chi connectivity index (χ2v) is 12.1. The van der Waals surface area contributed by atoms with Crippen LogP contribution in [0.3, 0.4) is 0 Å². The van der Waals surface area contributed by atoms with Gasteiger partial charge < -0.3 is 59.4 Å². The highest BCUT2D eigenvalue weighted by Gasteiger charge is 2.50. The predicted octanol–water partition coefficient (Wildman–Crippen LogP) is 0.704. The average Bonchev–Trinajstić information content (AvgIpc) is 3.05. The third-order valence-electron chi connectivity index (χ3n) is 8.16. The Labute approximate surface area is 268 Å². The van der Waals surface area contributed by atoms with Crippen molar-refractivity contribution in [2.24, 2.45) is 4.99 Å². The van der Waals surface area contributed by atoms with E-state index in [1.165, 1.54) is 11.1 Å². The molecule has 4 rings (SSSR count). The summed E-state index contributed by atoms with van der Waals surface area (Å²) in [5.41, 5.74) is 4.30. The Kier molecular flexibility index (Phi) is 13.0. The first-order valence-electron chi connectivity index (χ1n) is 15.6. The maximum atomic E-state index is 10.7. The van der Waals surface area contributed by atoms with Crippen molar-refractivity contribution in [2.75, 3.05) is 26.4 Å². The van der Waals surface area contributed by atoms with Gasteiger partial charge in [-0.2, -0.15) is 0 Å². The second kappa shape index (κ2) is 16.5. The number of rotatable bonds is 13. The van der Waals surface area contributed by atoms with Gasteiger partial charge in [-0.1, -0.05) is 45.9 Å². The summed E-state index contributed by atoms with van der Waals surface area (Å²) in [5.74, 6) is 1.26. The Morgan fingerprint density at radius 1 is 0.717 bits per heavy atom. The van der Waals surface area contributed by atoms with Crippen LogP contribution in [-0.2, 0) is 18.9 Å². The van der Waals surface area contributed by atoms with Crippen molar-refractivity contribution in [3.8, 4) is 5.75 Å². The molecule has 2 aromatic rings. The van der Waals surface area contributed by atoms with Crippen molar-refractivity contribution < 1.29 is 59.4 Å². The average molecular weight is 650 g/mol. The van der Waals surface area contributed by atoms with Crippen LogP contribution in [0.1, 0.15) is 56.2 Å². The molecule has 2 aromatic carbocycles. The Balaban J connectivity index is 1.29. The van der Waals surface area contributed by atoms with E-state index in [0.717, 1.165) is 11.3 Å². The van der Waals surface area contributed by atoms with E-state index >= 15 is 0 Å². The number of aliphatic hydroxyl groups excluding tert-OH is 7. The van der Waals surface area contributed by atoms with Gasteiger partial charge in [0.1, 0.15) is 61.2 Å². The van der Waals surface area contributed by atoms with Crippen LogP contribution >= 0.6 is 0 Å². The molecule has 0 amide bonds. The van der Waals surface area contributed by atoms with Crippen molar-refractivity contribution in [3.63, 3.8) is 0 Å². The summed E-state index contributed by atoms with van der Waals surface area (Å²) in [4.78, 5) is 4.84. The van der Waals surface area contributed by atoms with Crippen LogP contribution in [0.4, 0.5) is 5.69 Å². The van der Waals surface area contributed by atoms with Crippen LogP contribution in [0, 0.1) is 0 Å². The molecule has 13 heteroatoms. The lowest BCUT2D eigenvalue weighted by molar-refractivity contribution is -0.359. The van der Waals surface area contributed by atoms with E-state index in [1.54, 1.807) is 12.1 Å². The highest BCUT2D eigenvalue weighted by atomic mass is 16.7. The largest absolute Gasteiger partial charge is 0.491 e. The van der Waals surface area contributed by atoms with Crippen LogP contribution < -0.4 is 4.74 Å². The van der Waals surface area contributed by atoms with Crippen molar-refractivity contribution in [1.82, 2.24) is 0 Å². The number of para-hydroxylation sites is 1. The van der Waals surface area contributed by atoms with Crippen molar-refractivity contribution in [2.45, 2.75) is 101 Å². The molecule has 0 saturated carbocycles. The quantitative estimate of drug-likeness (QED) is 0.119. The van der Waals surface area contributed by atoms with Crippen LogP contribution in [0.2, 0.25) is 0 Å². The lowest BCUT2D eigenvalue weighted by atomic mass is 9.93. The van der Waals surface area contributed by atoms with Gasteiger partial charge in [-0.15, -0.1) is 0 Å². The van der Waals surface area contributed by atoms with Crippen LogP contribution in [-0.4, -0.2) is 130 Å². The number of aliphatic hydroxyl groups is 7. The molecule has 256 valence electrons. The fourth-order valence-corrected chi connectivity index (χ4v) is 5.47. The Morgan fingerprint density at radius 2 is 1.30 bits per heavy atom. The minimum Gasteiger partial charge on any atom is -0.491 e. The number of ether oxygens (including phenoxy) is 5. The molecule has 0 aliphatic carbocycles. The highest BCUT2D eigenvalue weighted by Crippen LogP contribution is 2.35. The maximum absolute atomic E-state index is 10.7. The lowest BCUT2D eigenvalue weighted by Crippen LogP contribution is -2.64. The molecule has 0 aromatic heterocycles. The number of aliphatic imine (C=N–C) groups is 1. The standard InChI is InChI=1S/C33H47NO12/c1-17(2)21-6-5-7-22(18(3)4)25(21)34-14-19-8-10-20(11-9-19)42-12-13-43-32-30(41)28(39)31(24(16-36)45-32)46-33-29(40)27(38)26(37)23(15-35)44-33/h5-11,14,17-18,23-24,26-33,35-41H,12-13,15-16H2,1-4H3/t23?,24?,26-,27-,28+,29?,30?,31+,32+,33-/m0/s1. The minimum absolute atomic E-state index is 0.0298. The molecule has 0 radical (unpaired) electrons. The van der Waals surface area contributed by atoms with Gasteiger partial charge in [0.25, 0.3) is 0 Å². The van der Waals surface area contributed by atoms with Gasteiger partial charge in [0.15, 0.2) is 12.6 Å². The zero-order valence-electron chi connectivity index (χ0n) is 26.5. The highest BCUT2D eigenvalue weighted by molar-refractivity contribution is 5.83. The molecule has 4 unspecified atom stereocenters. The molecule has 13 nitrogen and oxygen atoms in total. The zero-order valence-corrected chi connectivity index (χ0v) is 26.5. The van der Waals surface area contributed by atoms with Crippen molar-refractivity contribution >= 4 is 11.9 Å². The third-order valence-corrected chi connectivity index (χ3v) is 8.16. The van der Waals surface area contributed by atoms with Gasteiger partial charge in [-0.3, -0.25) is 4.99 Å². The van der Waals surface area contributed by atoms with E-state index in [-0.39, 0.29) is 13.2 Å². The first kappa shape index (κ1) is 36.3. The Hall–Kier alpha value is -2.53. The Bertz CT molecular complexity index is 1230. The first-order valence-corrected chi connectivity index (χ1v) is 15.6. The summed E-state index contributed by atoms with van der Waals surface area (Å²) in [5, 5.41) is 70.9. The molecular weight excluding hydrogens is 602 g/mol. The fourth-order valence-electron chi connectivity index (χ4n) is 5.47. The molecule has 0 bridgehead atoms. The molecule has 2 aliphatic rings. The van der Waals surface area contributed by atoms with E-state index in [4.69, 9.17) is 28.7 Å². The van der Waals surface area contributed by atoms with Crippen LogP contribution in [0.15, 0.2) is 47.5 Å². The summed E-state index contributed by atoms with van der Waals surface area (Å²) < 4.78 is 27.8. The summed E-state index contributed by atoms with van der Waals surface area (Å²) in [7, 11) is 0. The fraction of sp³-hybridized carbons (Fsp3) is 0.606. The molecule has 0 spiro atoms. The van der Waals surface area contributed by atoms with Gasteiger partial charge in [-0.25, -0.2) is 0 Å². The van der Waals surface area contributed by atoms with Gasteiger partial charge in [0.2, 0.25) is 0 Å². The summed E-state index contributed by atoms with van der Waals surface area (Å²) in [6, 6.07) is 13.7. The molecule has 10 atom stereocenters. The smallest absolute Gasteiger partial charge is 0.187 e. The summed E-state index contributed by atoms with van der Waals surface area (Å²) >= 11 is 0. The molecule has 2 fully saturated rings. The SMILES string of the molecule is CC(C)c1cccc(C(C)C)c1N=Cc1ccc(OCCO[C@@H]2OC(CO)[C@@H](O[C@@H]3OC(CO)[C@H](O)[C@H](O)C3O)[C@H](O)C2O)cc1. The topological polar surface area (TPSA) is 200 Å². The summed E-state index contributed by atoms with van der Waals surface area (Å²) in [6.07, 6.45) is -13.3. The monoisotopic (exact) mass is 649 g/mol. The Morgan fingerprint density at radius 3 is 1.89 bits per heavy atom. The number of hydrogen-bond acceptors (Lipinski definition) is 13. The maximum Gasteiger partial charge on any atom is 0.187 e. The van der Waals surface area contributed by atoms with Crippen molar-refractivity contribution in [1.29, 1.82) is 0 Å². The summed E-state index contributed by atoms with van der Waals surface area (Å²) in [6.45, 7) is 7.35. The number of hydrogen-bond donors (Lipinski definition) is 7. The number of benzene rings is 2. The van der Waals surface area contributed by atoms with Gasteiger partial charge in [-0.05, 0) is 52.8 Å². The third kappa shape index (κ3) is 8.48. The molecule has 46 heavy (non-hydrogen) atoms. The lowest BCUT2D eigenvalue weighted by Gasteiger charge is -2.45. The van der Waals surface area contributed by atoms with E-state index in [2.05, 4.69) is 45.9 Å². The zero-order chi connectivity index (χ0) is 33.5. The molecule has 2 heterocycles.